The van der Waals surface area contributed by atoms with Gasteiger partial charge < -0.3 is 13.7 Å². The number of rotatable bonds is 9. The Balaban J connectivity index is 1.54. The van der Waals surface area contributed by atoms with Gasteiger partial charge in [0.25, 0.3) is 11.1 Å². The van der Waals surface area contributed by atoms with Crippen molar-refractivity contribution in [2.45, 2.75) is 11.8 Å². The van der Waals surface area contributed by atoms with Crippen LogP contribution in [0.3, 0.4) is 0 Å². The fourth-order valence-corrected chi connectivity index (χ4v) is 5.21. The molecule has 8 nitrogen and oxygen atoms in total. The summed E-state index contributed by atoms with van der Waals surface area (Å²) in [6, 6.07) is 19.9. The lowest BCUT2D eigenvalue weighted by molar-refractivity contribution is -0.123. The predicted octanol–water partition coefficient (Wildman–Crippen LogP) is 4.89. The Kier molecular flexibility index (Phi) is 7.66. The number of carbonyl (C=O) groups excluding carboxylic acids is 2. The van der Waals surface area contributed by atoms with Crippen LogP contribution in [0.25, 0.3) is 6.08 Å². The number of aryl methyl sites for hydroxylation is 1. The van der Waals surface area contributed by atoms with Crippen molar-refractivity contribution in [3.05, 3.63) is 88.8 Å². The highest BCUT2D eigenvalue weighted by Gasteiger charge is 2.35. The molecule has 2 amide bonds. The third-order valence-corrected chi connectivity index (χ3v) is 7.36. The van der Waals surface area contributed by atoms with Crippen molar-refractivity contribution in [3.63, 3.8) is 0 Å². The molecule has 1 aliphatic heterocycles. The van der Waals surface area contributed by atoms with E-state index < -0.39 is 21.3 Å². The normalized spacial score (nSPS) is 14.8. The van der Waals surface area contributed by atoms with E-state index in [1.165, 1.54) is 25.3 Å². The number of hydrogen-bond donors (Lipinski definition) is 0. The smallest absolute Gasteiger partial charge is 0.339 e. The third kappa shape index (κ3) is 5.72. The fraction of sp³-hybridized carbons (Fsp3) is 0.154. The number of carbonyl (C=O) groups is 2. The van der Waals surface area contributed by atoms with E-state index in [-0.39, 0.29) is 40.0 Å². The number of nitrogens with zero attached hydrogens (tertiary/aromatic N) is 1. The van der Waals surface area contributed by atoms with Crippen LogP contribution in [-0.2, 0) is 14.9 Å². The first-order chi connectivity index (χ1) is 17.3. The van der Waals surface area contributed by atoms with E-state index in [1.54, 1.807) is 36.4 Å². The monoisotopic (exact) mass is 525 g/mol. The van der Waals surface area contributed by atoms with Gasteiger partial charge in [-0.25, -0.2) is 0 Å². The predicted molar refractivity (Wildman–Crippen MR) is 137 cm³/mol. The number of benzene rings is 3. The molecule has 0 aliphatic carbocycles. The molecule has 10 heteroatoms. The minimum absolute atomic E-state index is 0.0317. The summed E-state index contributed by atoms with van der Waals surface area (Å²) in [5.74, 6) is 0.213. The molecule has 0 spiro atoms. The zero-order valence-electron chi connectivity index (χ0n) is 19.5. The molecule has 1 aliphatic rings. The van der Waals surface area contributed by atoms with Crippen molar-refractivity contribution in [1.82, 2.24) is 4.90 Å². The highest BCUT2D eigenvalue weighted by Crippen LogP contribution is 2.38. The Morgan fingerprint density at radius 3 is 2.36 bits per heavy atom. The number of ether oxygens (including phenoxy) is 2. The SMILES string of the molecule is COc1cccc(/C=C2\SC(=O)N(CCOc3ccc(C)cc3)C2=O)c1OS(=O)(=O)c1ccccc1. The number of imide groups is 1. The topological polar surface area (TPSA) is 99.2 Å². The first kappa shape index (κ1) is 25.3. The summed E-state index contributed by atoms with van der Waals surface area (Å²) in [5.41, 5.74) is 1.37. The number of thioether (sulfide) groups is 1. The second kappa shape index (κ2) is 10.9. The molecule has 3 aromatic carbocycles. The minimum atomic E-state index is -4.17. The molecule has 0 unspecified atom stereocenters. The van der Waals surface area contributed by atoms with Crippen molar-refractivity contribution in [2.24, 2.45) is 0 Å². The summed E-state index contributed by atoms with van der Waals surface area (Å²) in [5, 5.41) is -0.443. The first-order valence-corrected chi connectivity index (χ1v) is 13.1. The maximum absolute atomic E-state index is 12.9. The van der Waals surface area contributed by atoms with E-state index in [2.05, 4.69) is 0 Å². The quantitative estimate of drug-likeness (QED) is 0.288. The fourth-order valence-electron chi connectivity index (χ4n) is 3.36. The van der Waals surface area contributed by atoms with Crippen molar-refractivity contribution in [2.75, 3.05) is 20.3 Å². The van der Waals surface area contributed by atoms with E-state index in [0.717, 1.165) is 22.2 Å². The van der Waals surface area contributed by atoms with Crippen molar-refractivity contribution >= 4 is 39.1 Å². The van der Waals surface area contributed by atoms with E-state index in [1.807, 2.05) is 31.2 Å². The van der Waals surface area contributed by atoms with Crippen LogP contribution in [0, 0.1) is 6.92 Å². The zero-order valence-corrected chi connectivity index (χ0v) is 21.2. The summed E-state index contributed by atoms with van der Waals surface area (Å²) >= 11 is 0.759. The lowest BCUT2D eigenvalue weighted by Gasteiger charge is -2.14. The van der Waals surface area contributed by atoms with Crippen LogP contribution in [0.5, 0.6) is 17.2 Å². The lowest BCUT2D eigenvalue weighted by atomic mass is 10.1. The maximum atomic E-state index is 12.9. The molecule has 1 saturated heterocycles. The van der Waals surface area contributed by atoms with Crippen molar-refractivity contribution < 1.29 is 31.7 Å². The maximum Gasteiger partial charge on any atom is 0.339 e. The summed E-state index contributed by atoms with van der Waals surface area (Å²) in [7, 11) is -2.80. The largest absolute Gasteiger partial charge is 0.493 e. The van der Waals surface area contributed by atoms with Crippen LogP contribution in [-0.4, -0.2) is 44.7 Å². The molecule has 1 fully saturated rings. The van der Waals surface area contributed by atoms with Crippen molar-refractivity contribution in [1.29, 1.82) is 0 Å². The molecule has 0 aromatic heterocycles. The van der Waals surface area contributed by atoms with Crippen LogP contribution in [0.1, 0.15) is 11.1 Å². The Bertz CT molecular complexity index is 1400. The molecular weight excluding hydrogens is 502 g/mol. The van der Waals surface area contributed by atoms with Gasteiger partial charge in [-0.2, -0.15) is 8.42 Å². The molecule has 186 valence electrons. The zero-order chi connectivity index (χ0) is 25.7. The van der Waals surface area contributed by atoms with E-state index in [9.17, 15) is 18.0 Å². The molecule has 0 radical (unpaired) electrons. The second-order valence-corrected chi connectivity index (χ2v) is 10.3. The van der Waals surface area contributed by atoms with Gasteiger partial charge >= 0.3 is 10.1 Å². The van der Waals surface area contributed by atoms with Crippen molar-refractivity contribution in [3.8, 4) is 17.2 Å². The second-order valence-electron chi connectivity index (χ2n) is 7.72. The molecule has 1 heterocycles. The van der Waals surface area contributed by atoms with Gasteiger partial charge in [0, 0.05) is 5.56 Å². The summed E-state index contributed by atoms with van der Waals surface area (Å²) in [4.78, 5) is 26.7. The van der Waals surface area contributed by atoms with Gasteiger partial charge in [0.05, 0.1) is 18.6 Å². The average molecular weight is 526 g/mol. The van der Waals surface area contributed by atoms with Gasteiger partial charge in [0.15, 0.2) is 11.5 Å². The van der Waals surface area contributed by atoms with Gasteiger partial charge in [-0.05, 0) is 55.1 Å². The Hall–Kier alpha value is -3.76. The summed E-state index contributed by atoms with van der Waals surface area (Å²) < 4.78 is 42.0. The third-order valence-electron chi connectivity index (χ3n) is 5.22. The van der Waals surface area contributed by atoms with E-state index in [0.29, 0.717) is 5.75 Å². The number of methoxy groups -OCH3 is 1. The van der Waals surface area contributed by atoms with Crippen LogP contribution < -0.4 is 13.7 Å². The standard InChI is InChI=1S/C26H23NO7S2/c1-18-11-13-20(14-12-18)33-16-15-27-25(28)23(35-26(27)29)17-19-7-6-10-22(32-2)24(19)34-36(30,31)21-8-4-3-5-9-21/h3-14,17H,15-16H2,1-2H3/b23-17-. The molecule has 0 atom stereocenters. The highest BCUT2D eigenvalue weighted by atomic mass is 32.2. The Labute approximate surface area is 213 Å². The van der Waals surface area contributed by atoms with Gasteiger partial charge in [0.2, 0.25) is 0 Å². The molecule has 0 N–H and O–H groups in total. The first-order valence-electron chi connectivity index (χ1n) is 10.9. The van der Waals surface area contributed by atoms with Crippen LogP contribution >= 0.6 is 11.8 Å². The number of para-hydroxylation sites is 1. The molecular formula is C26H23NO7S2. The van der Waals surface area contributed by atoms with Gasteiger partial charge in [-0.15, -0.1) is 0 Å². The molecule has 36 heavy (non-hydrogen) atoms. The molecule has 0 bridgehead atoms. The van der Waals surface area contributed by atoms with Crippen LogP contribution in [0.4, 0.5) is 4.79 Å². The number of amides is 2. The molecule has 3 aromatic rings. The van der Waals surface area contributed by atoms with Gasteiger partial charge in [-0.1, -0.05) is 48.0 Å². The minimum Gasteiger partial charge on any atom is -0.493 e. The Morgan fingerprint density at radius 1 is 0.944 bits per heavy atom. The van der Waals surface area contributed by atoms with E-state index in [4.69, 9.17) is 13.7 Å². The van der Waals surface area contributed by atoms with Crippen LogP contribution in [0.15, 0.2) is 82.6 Å². The average Bonchev–Trinajstić information content (AvgIpc) is 3.14. The molecule has 4 rings (SSSR count). The number of hydrogen-bond acceptors (Lipinski definition) is 8. The highest BCUT2D eigenvalue weighted by molar-refractivity contribution is 8.18. The summed E-state index contributed by atoms with van der Waals surface area (Å²) in [6.45, 7) is 2.17. The lowest BCUT2D eigenvalue weighted by Crippen LogP contribution is -2.32. The van der Waals surface area contributed by atoms with E-state index >= 15 is 0 Å². The van der Waals surface area contributed by atoms with Crippen LogP contribution in [0.2, 0.25) is 0 Å². The Morgan fingerprint density at radius 2 is 1.67 bits per heavy atom. The summed E-state index contributed by atoms with van der Waals surface area (Å²) in [6.07, 6.45) is 1.42. The van der Waals surface area contributed by atoms with Gasteiger partial charge in [-0.3, -0.25) is 14.5 Å². The van der Waals surface area contributed by atoms with Gasteiger partial charge in [0.1, 0.15) is 17.3 Å². The molecule has 0 saturated carbocycles.